The van der Waals surface area contributed by atoms with Gasteiger partial charge >= 0.3 is 0 Å². The number of pyridine rings is 1. The van der Waals surface area contributed by atoms with Gasteiger partial charge in [-0.2, -0.15) is 0 Å². The number of rotatable bonds is 5. The van der Waals surface area contributed by atoms with E-state index in [1.165, 1.54) is 6.26 Å². The molecular formula is C10H15ClN2O2S. The highest BCUT2D eigenvalue weighted by Crippen LogP contribution is 2.12. The van der Waals surface area contributed by atoms with Crippen molar-refractivity contribution in [1.82, 2.24) is 10.3 Å². The van der Waals surface area contributed by atoms with Crippen molar-refractivity contribution < 1.29 is 8.42 Å². The lowest BCUT2D eigenvalue weighted by Crippen LogP contribution is -2.32. The normalized spacial score (nSPS) is 13.7. The van der Waals surface area contributed by atoms with Crippen LogP contribution in [0.1, 0.15) is 12.5 Å². The lowest BCUT2D eigenvalue weighted by Gasteiger charge is -2.13. The Morgan fingerprint density at radius 1 is 1.56 bits per heavy atom. The molecule has 1 N–H and O–H groups in total. The molecule has 0 saturated carbocycles. The van der Waals surface area contributed by atoms with Gasteiger partial charge in [-0.3, -0.25) is 4.98 Å². The average Bonchev–Trinajstić information content (AvgIpc) is 2.14. The zero-order valence-corrected chi connectivity index (χ0v) is 10.8. The molecule has 0 amide bonds. The molecule has 1 unspecified atom stereocenters. The summed E-state index contributed by atoms with van der Waals surface area (Å²) in [4.78, 5) is 3.88. The van der Waals surface area contributed by atoms with Crippen LogP contribution in [0.4, 0.5) is 0 Å². The van der Waals surface area contributed by atoms with Gasteiger partial charge in [-0.25, -0.2) is 8.42 Å². The van der Waals surface area contributed by atoms with Gasteiger partial charge in [-0.15, -0.1) is 0 Å². The van der Waals surface area contributed by atoms with E-state index in [0.29, 0.717) is 11.6 Å². The number of hydrogen-bond acceptors (Lipinski definition) is 4. The van der Waals surface area contributed by atoms with Crippen LogP contribution in [0.15, 0.2) is 18.5 Å². The Morgan fingerprint density at radius 2 is 2.25 bits per heavy atom. The molecule has 1 aromatic rings. The summed E-state index contributed by atoms with van der Waals surface area (Å²) in [6, 6.07) is 1.71. The van der Waals surface area contributed by atoms with Gasteiger partial charge in [0.25, 0.3) is 0 Å². The fraction of sp³-hybridized carbons (Fsp3) is 0.500. The number of nitrogens with one attached hydrogen (secondary N) is 1. The predicted octanol–water partition coefficient (Wildman–Crippen LogP) is 1.26. The Kier molecular flexibility index (Phi) is 4.70. The van der Waals surface area contributed by atoms with Crippen molar-refractivity contribution in [3.63, 3.8) is 0 Å². The zero-order chi connectivity index (χ0) is 12.2. The monoisotopic (exact) mass is 262 g/mol. The van der Waals surface area contributed by atoms with E-state index in [0.717, 1.165) is 5.56 Å². The molecule has 0 saturated heterocycles. The molecule has 0 aliphatic rings. The summed E-state index contributed by atoms with van der Waals surface area (Å²) in [5, 5.41) is 3.69. The van der Waals surface area contributed by atoms with Gasteiger partial charge in [0.2, 0.25) is 0 Å². The number of aromatic nitrogens is 1. The van der Waals surface area contributed by atoms with E-state index in [9.17, 15) is 8.42 Å². The van der Waals surface area contributed by atoms with E-state index in [2.05, 4.69) is 10.3 Å². The molecule has 1 heterocycles. The highest BCUT2D eigenvalue weighted by Gasteiger charge is 2.10. The van der Waals surface area contributed by atoms with Crippen LogP contribution in [-0.2, 0) is 16.4 Å². The first kappa shape index (κ1) is 13.4. The predicted molar refractivity (Wildman–Crippen MR) is 65.3 cm³/mol. The van der Waals surface area contributed by atoms with Crippen molar-refractivity contribution >= 4 is 21.4 Å². The van der Waals surface area contributed by atoms with Crippen LogP contribution >= 0.6 is 11.6 Å². The number of nitrogens with zero attached hydrogens (tertiary/aromatic N) is 1. The third-order valence-corrected chi connectivity index (χ3v) is 3.50. The van der Waals surface area contributed by atoms with Crippen LogP contribution in [-0.4, -0.2) is 31.5 Å². The van der Waals surface area contributed by atoms with Crippen LogP contribution in [0.2, 0.25) is 5.02 Å². The topological polar surface area (TPSA) is 59.1 Å². The molecule has 0 aliphatic heterocycles. The molecule has 0 bridgehead atoms. The molecule has 6 heteroatoms. The maximum absolute atomic E-state index is 11.0. The number of sulfone groups is 1. The Morgan fingerprint density at radius 3 is 2.81 bits per heavy atom. The summed E-state index contributed by atoms with van der Waals surface area (Å²) < 4.78 is 22.1. The highest BCUT2D eigenvalue weighted by molar-refractivity contribution is 7.90. The standard InChI is InChI=1S/C10H15ClN2O2S/c1-8(7-16(2,14)15)13-5-9-3-4-12-6-10(9)11/h3-4,6,8,13H,5,7H2,1-2H3. The molecule has 1 aromatic heterocycles. The minimum absolute atomic E-state index is 0.0979. The summed E-state index contributed by atoms with van der Waals surface area (Å²) in [6.45, 7) is 2.37. The van der Waals surface area contributed by atoms with Gasteiger partial charge in [0, 0.05) is 31.2 Å². The van der Waals surface area contributed by atoms with Gasteiger partial charge in [0.1, 0.15) is 9.84 Å². The molecule has 0 spiro atoms. The van der Waals surface area contributed by atoms with E-state index in [1.54, 1.807) is 12.4 Å². The van der Waals surface area contributed by atoms with Crippen molar-refractivity contribution in [3.05, 3.63) is 29.0 Å². The molecule has 0 fully saturated rings. The minimum Gasteiger partial charge on any atom is -0.309 e. The van der Waals surface area contributed by atoms with Crippen molar-refractivity contribution in [2.24, 2.45) is 0 Å². The summed E-state index contributed by atoms with van der Waals surface area (Å²) in [5.74, 6) is 0.121. The third kappa shape index (κ3) is 4.92. The quantitative estimate of drug-likeness (QED) is 0.868. The summed E-state index contributed by atoms with van der Waals surface area (Å²) in [5.41, 5.74) is 0.914. The van der Waals surface area contributed by atoms with Crippen LogP contribution in [0.5, 0.6) is 0 Å². The molecule has 1 atom stereocenters. The molecule has 0 aromatic carbocycles. The molecule has 1 rings (SSSR count). The van der Waals surface area contributed by atoms with Gasteiger partial charge in [0.15, 0.2) is 0 Å². The number of hydrogen-bond donors (Lipinski definition) is 1. The lowest BCUT2D eigenvalue weighted by molar-refractivity contribution is 0.560. The summed E-state index contributed by atoms with van der Waals surface area (Å²) >= 11 is 5.92. The van der Waals surface area contributed by atoms with E-state index in [4.69, 9.17) is 11.6 Å². The van der Waals surface area contributed by atoms with Gasteiger partial charge in [0.05, 0.1) is 10.8 Å². The smallest absolute Gasteiger partial charge is 0.148 e. The van der Waals surface area contributed by atoms with Crippen LogP contribution in [0.25, 0.3) is 0 Å². The highest BCUT2D eigenvalue weighted by atomic mass is 35.5. The van der Waals surface area contributed by atoms with E-state index >= 15 is 0 Å². The Balaban J connectivity index is 2.49. The average molecular weight is 263 g/mol. The first-order valence-electron chi connectivity index (χ1n) is 4.88. The van der Waals surface area contributed by atoms with E-state index in [-0.39, 0.29) is 11.8 Å². The van der Waals surface area contributed by atoms with Crippen molar-refractivity contribution in [1.29, 1.82) is 0 Å². The first-order valence-corrected chi connectivity index (χ1v) is 7.32. The second-order valence-electron chi connectivity index (χ2n) is 3.84. The van der Waals surface area contributed by atoms with Crippen molar-refractivity contribution in [2.45, 2.75) is 19.5 Å². The van der Waals surface area contributed by atoms with Crippen LogP contribution in [0.3, 0.4) is 0 Å². The Hall–Kier alpha value is -0.650. The zero-order valence-electron chi connectivity index (χ0n) is 9.27. The van der Waals surface area contributed by atoms with E-state index in [1.807, 2.05) is 13.0 Å². The maximum Gasteiger partial charge on any atom is 0.148 e. The fourth-order valence-electron chi connectivity index (χ4n) is 1.34. The van der Waals surface area contributed by atoms with Gasteiger partial charge < -0.3 is 5.32 Å². The molecule has 0 radical (unpaired) electrons. The molecular weight excluding hydrogens is 248 g/mol. The van der Waals surface area contributed by atoms with Gasteiger partial charge in [-0.1, -0.05) is 11.6 Å². The second-order valence-corrected chi connectivity index (χ2v) is 6.43. The Labute approximate surface area is 101 Å². The SMILES string of the molecule is CC(CS(C)(=O)=O)NCc1ccncc1Cl. The van der Waals surface area contributed by atoms with Gasteiger partial charge in [-0.05, 0) is 18.6 Å². The first-order chi connectivity index (χ1) is 7.38. The molecule has 16 heavy (non-hydrogen) atoms. The molecule has 90 valence electrons. The van der Waals surface area contributed by atoms with Crippen molar-refractivity contribution in [2.75, 3.05) is 12.0 Å². The third-order valence-electron chi connectivity index (χ3n) is 2.05. The second kappa shape index (κ2) is 5.61. The lowest BCUT2D eigenvalue weighted by atomic mass is 10.2. The Bertz CT molecular complexity index is 448. The van der Waals surface area contributed by atoms with Crippen LogP contribution < -0.4 is 5.32 Å². The fourth-order valence-corrected chi connectivity index (χ4v) is 2.56. The van der Waals surface area contributed by atoms with Crippen molar-refractivity contribution in [3.8, 4) is 0 Å². The molecule has 0 aliphatic carbocycles. The summed E-state index contributed by atoms with van der Waals surface area (Å²) in [6.07, 6.45) is 4.45. The van der Waals surface area contributed by atoms with E-state index < -0.39 is 9.84 Å². The number of halogens is 1. The largest absolute Gasteiger partial charge is 0.309 e. The minimum atomic E-state index is -2.95. The summed E-state index contributed by atoms with van der Waals surface area (Å²) in [7, 11) is -2.95. The van der Waals surface area contributed by atoms with Crippen LogP contribution in [0, 0.1) is 0 Å². The molecule has 4 nitrogen and oxygen atoms in total. The maximum atomic E-state index is 11.0.